The fourth-order valence-corrected chi connectivity index (χ4v) is 1.52. The van der Waals surface area contributed by atoms with E-state index in [1.807, 2.05) is 18.4 Å². The normalized spacial score (nSPS) is 21.6. The Balaban J connectivity index is 3.16. The maximum atomic E-state index is 4.12. The Labute approximate surface area is 98.8 Å². The Kier molecular flexibility index (Phi) is 3.41. The van der Waals surface area contributed by atoms with E-state index in [9.17, 15) is 0 Å². The van der Waals surface area contributed by atoms with Crippen molar-refractivity contribution >= 4 is 6.21 Å². The summed E-state index contributed by atoms with van der Waals surface area (Å²) in [4.78, 5) is 0. The van der Waals surface area contributed by atoms with E-state index in [2.05, 4.69) is 51.7 Å². The molecule has 0 spiro atoms. The lowest BCUT2D eigenvalue weighted by Crippen LogP contribution is -2.33. The Hall–Kier alpha value is -1.31. The lowest BCUT2D eigenvalue weighted by molar-refractivity contribution is 0.180. The van der Waals surface area contributed by atoms with Crippen LogP contribution in [0.4, 0.5) is 0 Å². The highest BCUT2D eigenvalue weighted by molar-refractivity contribution is 5.72. The topological polar surface area (TPSA) is 24.4 Å². The summed E-state index contributed by atoms with van der Waals surface area (Å²) in [6, 6.07) is 0. The van der Waals surface area contributed by atoms with Gasteiger partial charge < -0.3 is 0 Å². The second-order valence-corrected chi connectivity index (χ2v) is 5.72. The molecule has 1 aliphatic heterocycles. The van der Waals surface area contributed by atoms with Gasteiger partial charge in [0.25, 0.3) is 0 Å². The Bertz CT molecular complexity index is 363. The van der Waals surface area contributed by atoms with Crippen molar-refractivity contribution in [3.8, 4) is 0 Å². The molecule has 1 aliphatic rings. The van der Waals surface area contributed by atoms with Crippen LogP contribution in [0.2, 0.25) is 0 Å². The van der Waals surface area contributed by atoms with Gasteiger partial charge in [0.05, 0.1) is 0 Å². The van der Waals surface area contributed by atoms with Crippen molar-refractivity contribution in [2.24, 2.45) is 15.9 Å². The van der Waals surface area contributed by atoms with Crippen molar-refractivity contribution < 1.29 is 0 Å². The third kappa shape index (κ3) is 2.43. The number of nitrogens with one attached hydrogen (secondary N) is 1. The summed E-state index contributed by atoms with van der Waals surface area (Å²) in [6.07, 6.45) is 7.58. The average Bonchev–Trinajstić information content (AvgIpc) is 2.09. The van der Waals surface area contributed by atoms with Crippen LogP contribution in [0.15, 0.2) is 41.2 Å². The molecule has 0 amide bonds. The molecule has 0 unspecified atom stereocenters. The quantitative estimate of drug-likeness (QED) is 0.714. The van der Waals surface area contributed by atoms with E-state index >= 15 is 0 Å². The van der Waals surface area contributed by atoms with Gasteiger partial charge in [-0.05, 0) is 28.1 Å². The average molecular weight is 218 g/mol. The zero-order chi connectivity index (χ0) is 12.4. The largest absolute Gasteiger partial charge is 0.285 e. The van der Waals surface area contributed by atoms with Crippen LogP contribution in [-0.4, -0.2) is 6.21 Å². The highest BCUT2D eigenvalue weighted by Gasteiger charge is 2.36. The van der Waals surface area contributed by atoms with Crippen LogP contribution in [0.25, 0.3) is 0 Å². The van der Waals surface area contributed by atoms with Crippen LogP contribution in [0, 0.1) is 10.8 Å². The minimum Gasteiger partial charge on any atom is -0.285 e. The third-order valence-corrected chi connectivity index (χ3v) is 3.64. The molecule has 1 rings (SSSR count). The summed E-state index contributed by atoms with van der Waals surface area (Å²) in [7, 11) is 0. The van der Waals surface area contributed by atoms with Crippen LogP contribution < -0.4 is 5.43 Å². The number of hydrazone groups is 1. The molecule has 0 radical (unpaired) electrons. The lowest BCUT2D eigenvalue weighted by atomic mass is 9.63. The van der Waals surface area contributed by atoms with E-state index in [-0.39, 0.29) is 10.8 Å². The maximum Gasteiger partial charge on any atom is 0.0472 e. The molecule has 1 heterocycles. The lowest BCUT2D eigenvalue weighted by Gasteiger charge is -2.41. The Morgan fingerprint density at radius 2 is 1.81 bits per heavy atom. The molecule has 0 aliphatic carbocycles. The van der Waals surface area contributed by atoms with E-state index < -0.39 is 0 Å². The highest BCUT2D eigenvalue weighted by Crippen LogP contribution is 2.46. The molecular formula is C14H22N2. The number of allylic oxidation sites excluding steroid dienone is 4. The standard InChI is InChI=1S/C14H22N2/c1-11-8-7-9-15-16-10-12(11)14(5,6)13(2,3)4/h7-10,16H,1H2,2-6H3/b8-7-,12-10?,15-9-. The first-order valence-corrected chi connectivity index (χ1v) is 5.62. The number of hydrogen-bond donors (Lipinski definition) is 1. The predicted octanol–water partition coefficient (Wildman–Crippen LogP) is 3.64. The van der Waals surface area contributed by atoms with Crippen molar-refractivity contribution in [2.75, 3.05) is 0 Å². The van der Waals surface area contributed by atoms with E-state index in [1.54, 1.807) is 6.21 Å². The molecule has 0 aromatic carbocycles. The summed E-state index contributed by atoms with van der Waals surface area (Å²) in [5, 5.41) is 4.03. The van der Waals surface area contributed by atoms with Crippen molar-refractivity contribution in [1.82, 2.24) is 5.43 Å². The summed E-state index contributed by atoms with van der Waals surface area (Å²) < 4.78 is 0. The molecule has 0 bridgehead atoms. The first-order valence-electron chi connectivity index (χ1n) is 5.62. The van der Waals surface area contributed by atoms with Crippen LogP contribution in [0.1, 0.15) is 34.6 Å². The summed E-state index contributed by atoms with van der Waals surface area (Å²) in [5.41, 5.74) is 5.39. The van der Waals surface area contributed by atoms with E-state index in [4.69, 9.17) is 0 Å². The first kappa shape index (κ1) is 12.8. The van der Waals surface area contributed by atoms with Crippen molar-refractivity contribution in [3.05, 3.63) is 36.1 Å². The first-order chi connectivity index (χ1) is 7.27. The van der Waals surface area contributed by atoms with Gasteiger partial charge in [0.2, 0.25) is 0 Å². The van der Waals surface area contributed by atoms with Gasteiger partial charge >= 0.3 is 0 Å². The molecule has 0 atom stereocenters. The van der Waals surface area contributed by atoms with Crippen LogP contribution >= 0.6 is 0 Å². The summed E-state index contributed by atoms with van der Waals surface area (Å²) in [5.74, 6) is 0. The third-order valence-electron chi connectivity index (χ3n) is 3.64. The Morgan fingerprint density at radius 1 is 1.19 bits per heavy atom. The van der Waals surface area contributed by atoms with Crippen LogP contribution in [0.3, 0.4) is 0 Å². The van der Waals surface area contributed by atoms with Gasteiger partial charge in [0.1, 0.15) is 0 Å². The monoisotopic (exact) mass is 218 g/mol. The fraction of sp³-hybridized carbons (Fsp3) is 0.500. The molecule has 2 nitrogen and oxygen atoms in total. The molecule has 0 saturated heterocycles. The van der Waals surface area contributed by atoms with E-state index in [0.29, 0.717) is 0 Å². The second kappa shape index (κ2) is 4.28. The van der Waals surface area contributed by atoms with Crippen molar-refractivity contribution in [1.29, 1.82) is 0 Å². The van der Waals surface area contributed by atoms with Gasteiger partial charge in [0, 0.05) is 12.4 Å². The van der Waals surface area contributed by atoms with E-state index in [1.165, 1.54) is 5.57 Å². The molecule has 0 fully saturated rings. The van der Waals surface area contributed by atoms with E-state index in [0.717, 1.165) is 5.57 Å². The molecule has 88 valence electrons. The molecule has 0 aromatic heterocycles. The number of rotatable bonds is 1. The van der Waals surface area contributed by atoms with Gasteiger partial charge in [-0.15, -0.1) is 0 Å². The molecule has 0 aromatic rings. The molecule has 1 N–H and O–H groups in total. The predicted molar refractivity (Wildman–Crippen MR) is 71.2 cm³/mol. The fourth-order valence-electron chi connectivity index (χ4n) is 1.52. The zero-order valence-electron chi connectivity index (χ0n) is 11.0. The minimum absolute atomic E-state index is 0.0360. The number of hydrogen-bond acceptors (Lipinski definition) is 2. The summed E-state index contributed by atoms with van der Waals surface area (Å²) in [6.45, 7) is 15.3. The Morgan fingerprint density at radius 3 is 2.38 bits per heavy atom. The SMILES string of the molecule is C=C1/C=C\C=N/NC=C1C(C)(C)C(C)(C)C. The summed E-state index contributed by atoms with van der Waals surface area (Å²) >= 11 is 0. The smallest absolute Gasteiger partial charge is 0.0472 e. The van der Waals surface area contributed by atoms with Gasteiger partial charge in [-0.25, -0.2) is 0 Å². The van der Waals surface area contributed by atoms with Crippen molar-refractivity contribution in [3.63, 3.8) is 0 Å². The molecule has 0 saturated carbocycles. The number of nitrogens with zero attached hydrogens (tertiary/aromatic N) is 1. The van der Waals surface area contributed by atoms with Crippen LogP contribution in [0.5, 0.6) is 0 Å². The van der Waals surface area contributed by atoms with Gasteiger partial charge in [-0.3, -0.25) is 5.43 Å². The minimum atomic E-state index is 0.0360. The molecular weight excluding hydrogens is 196 g/mol. The molecule has 16 heavy (non-hydrogen) atoms. The maximum absolute atomic E-state index is 4.12. The van der Waals surface area contributed by atoms with Gasteiger partial charge in [-0.1, -0.05) is 47.3 Å². The van der Waals surface area contributed by atoms with Gasteiger partial charge in [-0.2, -0.15) is 5.10 Å². The second-order valence-electron chi connectivity index (χ2n) is 5.72. The highest BCUT2D eigenvalue weighted by atomic mass is 15.3. The van der Waals surface area contributed by atoms with Crippen LogP contribution in [-0.2, 0) is 0 Å². The van der Waals surface area contributed by atoms with Crippen molar-refractivity contribution in [2.45, 2.75) is 34.6 Å². The molecule has 2 heteroatoms. The van der Waals surface area contributed by atoms with Gasteiger partial charge in [0.15, 0.2) is 0 Å². The zero-order valence-corrected chi connectivity index (χ0v) is 11.0.